The van der Waals surface area contributed by atoms with Crippen LogP contribution in [-0.2, 0) is 4.79 Å². The van der Waals surface area contributed by atoms with Crippen LogP contribution in [0.4, 0.5) is 0 Å². The minimum Gasteiger partial charge on any atom is -0.395 e. The number of fused-ring (bicyclic) bond motifs is 1. The van der Waals surface area contributed by atoms with Crippen LogP contribution in [0.5, 0.6) is 0 Å². The number of aliphatic hydroxyl groups is 2. The van der Waals surface area contributed by atoms with Gasteiger partial charge in [-0.3, -0.25) is 9.69 Å². The Bertz CT molecular complexity index is 861. The molecule has 0 radical (unpaired) electrons. The second-order valence-corrected chi connectivity index (χ2v) is 9.96. The van der Waals surface area contributed by atoms with Crippen LogP contribution in [0.3, 0.4) is 0 Å². The van der Waals surface area contributed by atoms with Gasteiger partial charge in [0.25, 0.3) is 0 Å². The largest absolute Gasteiger partial charge is 0.395 e. The molecule has 2 saturated heterocycles. The van der Waals surface area contributed by atoms with Gasteiger partial charge in [-0.05, 0) is 75.6 Å². The lowest BCUT2D eigenvalue weighted by molar-refractivity contribution is -0.137. The lowest BCUT2D eigenvalue weighted by Crippen LogP contribution is -2.68. The topological polar surface area (TPSA) is 64.0 Å². The molecule has 1 aromatic carbocycles. The number of aliphatic hydroxyl groups excluding tert-OH is 1. The molecule has 5 rings (SSSR count). The maximum absolute atomic E-state index is 12.8. The number of carbonyl (C=O) groups is 1. The number of benzene rings is 1. The van der Waals surface area contributed by atoms with E-state index in [1.165, 1.54) is 5.56 Å². The zero-order valence-electron chi connectivity index (χ0n) is 18.3. The molecule has 3 atom stereocenters. The predicted octanol–water partition coefficient (Wildman–Crippen LogP) is 2.50. The van der Waals surface area contributed by atoms with Crippen molar-refractivity contribution in [2.75, 3.05) is 26.2 Å². The highest BCUT2D eigenvalue weighted by atomic mass is 16.3. The van der Waals surface area contributed by atoms with Crippen molar-refractivity contribution < 1.29 is 15.0 Å². The van der Waals surface area contributed by atoms with Crippen molar-refractivity contribution >= 4 is 5.91 Å². The highest BCUT2D eigenvalue weighted by molar-refractivity contribution is 5.81. The molecule has 0 unspecified atom stereocenters. The molecule has 4 aliphatic rings. The fourth-order valence-electron chi connectivity index (χ4n) is 5.79. The third-order valence-electron chi connectivity index (χ3n) is 7.77. The van der Waals surface area contributed by atoms with E-state index in [9.17, 15) is 15.0 Å². The fourth-order valence-corrected chi connectivity index (χ4v) is 5.79. The highest BCUT2D eigenvalue weighted by Crippen LogP contribution is 2.42. The lowest BCUT2D eigenvalue weighted by atomic mass is 9.74. The zero-order chi connectivity index (χ0) is 21.4. The van der Waals surface area contributed by atoms with E-state index in [4.69, 9.17) is 0 Å². The Kier molecular flexibility index (Phi) is 5.81. The van der Waals surface area contributed by atoms with Gasteiger partial charge in [-0.1, -0.05) is 24.0 Å². The average Bonchev–Trinajstić information content (AvgIpc) is 3.52. The number of amides is 1. The molecule has 4 fully saturated rings. The highest BCUT2D eigenvalue weighted by Gasteiger charge is 2.50. The third-order valence-corrected chi connectivity index (χ3v) is 7.77. The number of hydrogen-bond acceptors (Lipinski definition) is 4. The van der Waals surface area contributed by atoms with Crippen molar-refractivity contribution in [3.05, 3.63) is 35.4 Å². The molecule has 2 heterocycles. The van der Waals surface area contributed by atoms with Crippen LogP contribution in [-0.4, -0.2) is 69.8 Å². The van der Waals surface area contributed by atoms with Crippen LogP contribution < -0.4 is 0 Å². The second-order valence-electron chi connectivity index (χ2n) is 9.96. The van der Waals surface area contributed by atoms with Crippen molar-refractivity contribution in [3.63, 3.8) is 0 Å². The van der Waals surface area contributed by atoms with E-state index in [1.807, 2.05) is 12.1 Å². The van der Waals surface area contributed by atoms with Gasteiger partial charge in [0.05, 0.1) is 6.61 Å². The Hall–Kier alpha value is -1.87. The summed E-state index contributed by atoms with van der Waals surface area (Å²) >= 11 is 0. The Morgan fingerprint density at radius 3 is 2.45 bits per heavy atom. The van der Waals surface area contributed by atoms with Crippen molar-refractivity contribution in [1.82, 2.24) is 9.80 Å². The molecule has 5 heteroatoms. The number of hydrogen-bond donors (Lipinski definition) is 2. The van der Waals surface area contributed by atoms with E-state index in [0.717, 1.165) is 76.6 Å². The van der Waals surface area contributed by atoms with Crippen LogP contribution in [0.25, 0.3) is 0 Å². The molecule has 1 amide bonds. The molecule has 0 spiro atoms. The predicted molar refractivity (Wildman–Crippen MR) is 119 cm³/mol. The van der Waals surface area contributed by atoms with E-state index < -0.39 is 5.60 Å². The molecule has 166 valence electrons. The Balaban J connectivity index is 1.33. The van der Waals surface area contributed by atoms with Crippen molar-refractivity contribution in [2.45, 2.75) is 75.0 Å². The van der Waals surface area contributed by atoms with Gasteiger partial charge in [0, 0.05) is 42.6 Å². The standard InChI is InChI=1S/C26H34N2O3/c29-18-23-24(20-7-5-19(6-8-20)11-14-26(31)12-1-2-13-26)22-17-27(25(30)21-9-10-21)15-3-4-16-28(22)23/h5-8,21-24,29,31H,1-4,9-10,12-13,15-18H2/t22-,23-,24+/m1/s1. The van der Waals surface area contributed by atoms with Crippen LogP contribution in [0.2, 0.25) is 0 Å². The van der Waals surface area contributed by atoms with Gasteiger partial charge in [0.2, 0.25) is 5.91 Å². The molecule has 1 aromatic rings. The lowest BCUT2D eigenvalue weighted by Gasteiger charge is -2.57. The van der Waals surface area contributed by atoms with E-state index in [2.05, 4.69) is 33.8 Å². The average molecular weight is 423 g/mol. The number of rotatable bonds is 3. The quantitative estimate of drug-likeness (QED) is 0.735. The molecule has 2 N–H and O–H groups in total. The number of nitrogens with zero attached hydrogens (tertiary/aromatic N) is 2. The SMILES string of the molecule is O=C(C1CC1)N1CCCCN2[C@H](CO)[C@@H](c3ccc(C#CC4(O)CCCC4)cc3)[C@H]2C1. The van der Waals surface area contributed by atoms with Gasteiger partial charge in [-0.25, -0.2) is 0 Å². The molecule has 2 saturated carbocycles. The molecule has 0 bridgehead atoms. The minimum absolute atomic E-state index is 0.122. The van der Waals surface area contributed by atoms with E-state index in [-0.39, 0.29) is 30.5 Å². The van der Waals surface area contributed by atoms with E-state index >= 15 is 0 Å². The summed E-state index contributed by atoms with van der Waals surface area (Å²) in [5.74, 6) is 7.07. The Morgan fingerprint density at radius 1 is 1.06 bits per heavy atom. The molecule has 2 aliphatic carbocycles. The zero-order valence-corrected chi connectivity index (χ0v) is 18.3. The summed E-state index contributed by atoms with van der Waals surface area (Å²) in [6.07, 6.45) is 7.85. The van der Waals surface area contributed by atoms with Crippen molar-refractivity contribution in [2.24, 2.45) is 5.92 Å². The van der Waals surface area contributed by atoms with Crippen molar-refractivity contribution in [1.29, 1.82) is 0 Å². The molecule has 5 nitrogen and oxygen atoms in total. The number of carbonyl (C=O) groups excluding carboxylic acids is 1. The van der Waals surface area contributed by atoms with Gasteiger partial charge >= 0.3 is 0 Å². The second kappa shape index (κ2) is 8.58. The summed E-state index contributed by atoms with van der Waals surface area (Å²) < 4.78 is 0. The van der Waals surface area contributed by atoms with Crippen LogP contribution in [0.15, 0.2) is 24.3 Å². The van der Waals surface area contributed by atoms with Crippen LogP contribution >= 0.6 is 0 Å². The monoisotopic (exact) mass is 422 g/mol. The Morgan fingerprint density at radius 2 is 1.77 bits per heavy atom. The normalized spacial score (nSPS) is 30.4. The Labute approximate surface area is 185 Å². The molecular weight excluding hydrogens is 388 g/mol. The fraction of sp³-hybridized carbons (Fsp3) is 0.654. The summed E-state index contributed by atoms with van der Waals surface area (Å²) in [5, 5.41) is 20.6. The van der Waals surface area contributed by atoms with E-state index in [1.54, 1.807) is 0 Å². The minimum atomic E-state index is -0.814. The maximum Gasteiger partial charge on any atom is 0.225 e. The molecule has 2 aliphatic heterocycles. The van der Waals surface area contributed by atoms with Gasteiger partial charge in [-0.15, -0.1) is 0 Å². The summed E-state index contributed by atoms with van der Waals surface area (Å²) in [6, 6.07) is 8.72. The maximum atomic E-state index is 12.8. The summed E-state index contributed by atoms with van der Waals surface area (Å²) in [4.78, 5) is 17.3. The van der Waals surface area contributed by atoms with Crippen LogP contribution in [0.1, 0.15) is 68.4 Å². The first-order valence-corrected chi connectivity index (χ1v) is 12.1. The van der Waals surface area contributed by atoms with Crippen LogP contribution in [0, 0.1) is 17.8 Å². The van der Waals surface area contributed by atoms with Gasteiger partial charge < -0.3 is 15.1 Å². The van der Waals surface area contributed by atoms with Gasteiger partial charge in [0.15, 0.2) is 0 Å². The molecule has 0 aromatic heterocycles. The first-order chi connectivity index (χ1) is 15.1. The summed E-state index contributed by atoms with van der Waals surface area (Å²) in [5.41, 5.74) is 1.32. The van der Waals surface area contributed by atoms with Crippen molar-refractivity contribution in [3.8, 4) is 11.8 Å². The first kappa shape index (κ1) is 21.0. The van der Waals surface area contributed by atoms with Gasteiger partial charge in [0.1, 0.15) is 5.60 Å². The smallest absolute Gasteiger partial charge is 0.225 e. The molecule has 31 heavy (non-hydrogen) atoms. The third kappa shape index (κ3) is 4.26. The first-order valence-electron chi connectivity index (χ1n) is 12.1. The summed E-state index contributed by atoms with van der Waals surface area (Å²) in [7, 11) is 0. The van der Waals surface area contributed by atoms with E-state index in [0.29, 0.717) is 5.91 Å². The van der Waals surface area contributed by atoms with Gasteiger partial charge in [-0.2, -0.15) is 0 Å². The molecular formula is C26H34N2O3. The summed E-state index contributed by atoms with van der Waals surface area (Å²) in [6.45, 7) is 2.78.